The standard InChI is InChI=1S/C21H28F3N3O5S/c1-13-6-8-25-20-19(13)14-2-4-16(5-3-14)31-12-18-17(26-33(29,30)21(22,23)24)7-9-27(18)15(10-28)11-32-20/h6,8,10,14-18,26H,2-5,7,9,11-12H2,1H3/t14?,15?,16?,17-,18-/m0/s1. The van der Waals surface area contributed by atoms with Crippen LogP contribution in [0.25, 0.3) is 0 Å². The Morgan fingerprint density at radius 3 is 2.58 bits per heavy atom. The fourth-order valence-electron chi connectivity index (χ4n) is 5.19. The van der Waals surface area contributed by atoms with E-state index in [-0.39, 0.29) is 38.2 Å². The number of ether oxygens (including phenoxy) is 2. The molecule has 0 aromatic carbocycles. The molecule has 2 bridgehead atoms. The minimum atomic E-state index is -5.53. The van der Waals surface area contributed by atoms with E-state index in [1.807, 2.05) is 13.0 Å². The molecule has 0 amide bonds. The zero-order chi connectivity index (χ0) is 23.8. The number of carbonyl (C=O) groups excluding carboxylic acids is 1. The molecular weight excluding hydrogens is 463 g/mol. The van der Waals surface area contributed by atoms with E-state index in [9.17, 15) is 26.4 Å². The van der Waals surface area contributed by atoms with Gasteiger partial charge in [-0.15, -0.1) is 0 Å². The second kappa shape index (κ2) is 9.47. The number of pyridine rings is 1. The predicted molar refractivity (Wildman–Crippen MR) is 112 cm³/mol. The molecule has 1 saturated carbocycles. The zero-order valence-corrected chi connectivity index (χ0v) is 19.1. The molecule has 4 heterocycles. The lowest BCUT2D eigenvalue weighted by molar-refractivity contribution is -0.114. The number of rotatable bonds is 3. The molecule has 1 aromatic heterocycles. The Labute approximate surface area is 190 Å². The summed E-state index contributed by atoms with van der Waals surface area (Å²) in [5.41, 5.74) is -3.33. The molecule has 1 aliphatic carbocycles. The number of fused-ring (bicyclic) bond motifs is 5. The SMILES string of the molecule is Cc1ccnc2c1C1CCC(CC1)OC[C@H]1[C@@H](NS(=O)(=O)C(F)(F)F)CCN1C(C=O)CO2. The highest BCUT2D eigenvalue weighted by Gasteiger charge is 2.50. The number of hydrogen-bond donors (Lipinski definition) is 1. The highest BCUT2D eigenvalue weighted by Crippen LogP contribution is 2.40. The van der Waals surface area contributed by atoms with Gasteiger partial charge in [0.25, 0.3) is 0 Å². The molecule has 3 atom stereocenters. The van der Waals surface area contributed by atoms with E-state index < -0.39 is 33.7 Å². The zero-order valence-electron chi connectivity index (χ0n) is 18.3. The number of aldehydes is 1. The van der Waals surface area contributed by atoms with E-state index in [2.05, 4.69) is 4.98 Å². The third-order valence-corrected chi connectivity index (χ3v) is 8.15. The Morgan fingerprint density at radius 2 is 1.91 bits per heavy atom. The normalized spacial score (nSPS) is 31.5. The summed E-state index contributed by atoms with van der Waals surface area (Å²) in [6, 6.07) is -0.626. The minimum Gasteiger partial charge on any atom is -0.475 e. The van der Waals surface area contributed by atoms with Gasteiger partial charge in [0.05, 0.1) is 18.8 Å². The maximum absolute atomic E-state index is 13.0. The molecule has 0 spiro atoms. The van der Waals surface area contributed by atoms with Gasteiger partial charge in [-0.3, -0.25) is 4.90 Å². The van der Waals surface area contributed by atoms with Crippen LogP contribution in [0.15, 0.2) is 12.3 Å². The van der Waals surface area contributed by atoms with E-state index in [0.29, 0.717) is 12.2 Å². The molecule has 184 valence electrons. The van der Waals surface area contributed by atoms with Crippen LogP contribution in [0.5, 0.6) is 5.88 Å². The number of carbonyl (C=O) groups is 1. The summed E-state index contributed by atoms with van der Waals surface area (Å²) < 4.78 is 76.3. The highest BCUT2D eigenvalue weighted by atomic mass is 32.2. The van der Waals surface area contributed by atoms with Crippen molar-refractivity contribution in [1.82, 2.24) is 14.6 Å². The van der Waals surface area contributed by atoms with Crippen LogP contribution in [-0.4, -0.2) is 74.1 Å². The molecule has 12 heteroatoms. The topological polar surface area (TPSA) is 97.8 Å². The second-order valence-electron chi connectivity index (χ2n) is 8.94. The van der Waals surface area contributed by atoms with Crippen molar-refractivity contribution in [3.05, 3.63) is 23.4 Å². The van der Waals surface area contributed by atoms with Gasteiger partial charge in [0.2, 0.25) is 5.88 Å². The summed E-state index contributed by atoms with van der Waals surface area (Å²) in [6.45, 7) is 2.20. The number of sulfonamides is 1. The number of halogens is 3. The van der Waals surface area contributed by atoms with Crippen LogP contribution in [0.1, 0.15) is 49.1 Å². The van der Waals surface area contributed by atoms with Gasteiger partial charge in [-0.05, 0) is 56.6 Å². The van der Waals surface area contributed by atoms with Crippen LogP contribution in [0, 0.1) is 6.92 Å². The molecule has 5 rings (SSSR count). The largest absolute Gasteiger partial charge is 0.511 e. The quantitative estimate of drug-likeness (QED) is 0.648. The van der Waals surface area contributed by atoms with E-state index >= 15 is 0 Å². The maximum Gasteiger partial charge on any atom is 0.511 e. The van der Waals surface area contributed by atoms with Gasteiger partial charge in [-0.2, -0.15) is 13.2 Å². The van der Waals surface area contributed by atoms with Crippen LogP contribution in [-0.2, 0) is 19.6 Å². The fourth-order valence-corrected chi connectivity index (χ4v) is 6.00. The van der Waals surface area contributed by atoms with Crippen molar-refractivity contribution in [3.8, 4) is 5.88 Å². The molecule has 3 aliphatic heterocycles. The monoisotopic (exact) mass is 491 g/mol. The Balaban J connectivity index is 1.63. The molecule has 33 heavy (non-hydrogen) atoms. The van der Waals surface area contributed by atoms with Crippen molar-refractivity contribution in [2.75, 3.05) is 19.8 Å². The molecule has 1 N–H and O–H groups in total. The van der Waals surface area contributed by atoms with Gasteiger partial charge in [-0.1, -0.05) is 0 Å². The number of hydrogen-bond acceptors (Lipinski definition) is 7. The molecule has 1 saturated heterocycles. The number of aryl methyl sites for hydroxylation is 1. The summed E-state index contributed by atoms with van der Waals surface area (Å²) >= 11 is 0. The first kappa shape index (κ1) is 24.4. The Kier molecular flexibility index (Phi) is 7.00. The van der Waals surface area contributed by atoms with Crippen molar-refractivity contribution in [2.45, 2.75) is 74.7 Å². The molecule has 2 fully saturated rings. The Bertz CT molecular complexity index is 966. The Morgan fingerprint density at radius 1 is 1.18 bits per heavy atom. The van der Waals surface area contributed by atoms with E-state index in [1.165, 1.54) is 0 Å². The predicted octanol–water partition coefficient (Wildman–Crippen LogP) is 2.27. The van der Waals surface area contributed by atoms with Crippen molar-refractivity contribution in [1.29, 1.82) is 0 Å². The van der Waals surface area contributed by atoms with Crippen molar-refractivity contribution >= 4 is 16.3 Å². The van der Waals surface area contributed by atoms with Crippen molar-refractivity contribution in [3.63, 3.8) is 0 Å². The summed E-state index contributed by atoms with van der Waals surface area (Å²) in [6.07, 6.45) is 5.60. The van der Waals surface area contributed by atoms with Gasteiger partial charge in [0.1, 0.15) is 18.9 Å². The third kappa shape index (κ3) is 5.03. The van der Waals surface area contributed by atoms with E-state index in [0.717, 1.165) is 36.8 Å². The van der Waals surface area contributed by atoms with E-state index in [4.69, 9.17) is 9.47 Å². The van der Waals surface area contributed by atoms with E-state index in [1.54, 1.807) is 15.8 Å². The van der Waals surface area contributed by atoms with Crippen LogP contribution >= 0.6 is 0 Å². The van der Waals surface area contributed by atoms with Crippen molar-refractivity contribution in [2.24, 2.45) is 0 Å². The highest BCUT2D eigenvalue weighted by molar-refractivity contribution is 7.90. The summed E-state index contributed by atoms with van der Waals surface area (Å²) in [5.74, 6) is 0.714. The lowest BCUT2D eigenvalue weighted by atomic mass is 9.81. The lowest BCUT2D eigenvalue weighted by Crippen LogP contribution is -2.54. The van der Waals surface area contributed by atoms with Crippen LogP contribution in [0.3, 0.4) is 0 Å². The van der Waals surface area contributed by atoms with Gasteiger partial charge >= 0.3 is 15.5 Å². The second-order valence-corrected chi connectivity index (χ2v) is 10.6. The average molecular weight is 492 g/mol. The first-order valence-electron chi connectivity index (χ1n) is 11.1. The summed E-state index contributed by atoms with van der Waals surface area (Å²) in [4.78, 5) is 18.0. The molecule has 1 unspecified atom stereocenters. The number of nitrogens with zero attached hydrogens (tertiary/aromatic N) is 2. The maximum atomic E-state index is 13.0. The molecule has 4 aliphatic rings. The van der Waals surface area contributed by atoms with Crippen molar-refractivity contribution < 1.29 is 35.9 Å². The van der Waals surface area contributed by atoms with Gasteiger partial charge in [0.15, 0.2) is 0 Å². The van der Waals surface area contributed by atoms with Gasteiger partial charge < -0.3 is 14.3 Å². The smallest absolute Gasteiger partial charge is 0.475 e. The van der Waals surface area contributed by atoms with Crippen LogP contribution in [0.2, 0.25) is 0 Å². The third-order valence-electron chi connectivity index (χ3n) is 6.93. The minimum absolute atomic E-state index is 0.0228. The Hall–Kier alpha value is -1.76. The first-order valence-corrected chi connectivity index (χ1v) is 12.6. The summed E-state index contributed by atoms with van der Waals surface area (Å²) in [5, 5.41) is 0. The van der Waals surface area contributed by atoms with Gasteiger partial charge in [0, 0.05) is 24.3 Å². The first-order chi connectivity index (χ1) is 15.6. The average Bonchev–Trinajstić information content (AvgIpc) is 3.14. The number of nitrogens with one attached hydrogen (secondary N) is 1. The van der Waals surface area contributed by atoms with Gasteiger partial charge in [-0.25, -0.2) is 18.1 Å². The molecule has 8 nitrogen and oxygen atoms in total. The number of aromatic nitrogens is 1. The molecule has 1 aromatic rings. The molecular formula is C21H28F3N3O5S. The van der Waals surface area contributed by atoms with Crippen LogP contribution in [0.4, 0.5) is 13.2 Å². The van der Waals surface area contributed by atoms with Crippen LogP contribution < -0.4 is 9.46 Å². The number of alkyl halides is 3. The molecule has 0 radical (unpaired) electrons. The lowest BCUT2D eigenvalue weighted by Gasteiger charge is -2.34. The summed E-state index contributed by atoms with van der Waals surface area (Å²) in [7, 11) is -5.53. The fraction of sp³-hybridized carbons (Fsp3) is 0.714.